The molecule has 25 heavy (non-hydrogen) atoms. The molecule has 0 aliphatic rings. The molecule has 6 heteroatoms. The van der Waals surface area contributed by atoms with Crippen LogP contribution >= 0.6 is 22.6 Å². The first-order valence-corrected chi connectivity index (χ1v) is 9.37. The summed E-state index contributed by atoms with van der Waals surface area (Å²) in [6.45, 7) is 4.12. The van der Waals surface area contributed by atoms with Crippen molar-refractivity contribution in [2.75, 3.05) is 18.5 Å². The number of aromatic nitrogens is 2. The van der Waals surface area contributed by atoms with Crippen molar-refractivity contribution in [3.05, 3.63) is 57.7 Å². The van der Waals surface area contributed by atoms with Gasteiger partial charge in [-0.05, 0) is 72.3 Å². The lowest BCUT2D eigenvalue weighted by molar-refractivity contribution is 0.102. The Kier molecular flexibility index (Phi) is 6.04. The van der Waals surface area contributed by atoms with Gasteiger partial charge in [0.05, 0.1) is 11.0 Å². The molecule has 0 radical (unpaired) electrons. The fourth-order valence-electron chi connectivity index (χ4n) is 2.64. The molecule has 1 heterocycles. The Labute approximate surface area is 160 Å². The molecule has 0 saturated heterocycles. The zero-order valence-corrected chi connectivity index (χ0v) is 16.2. The molecule has 1 N–H and O–H groups in total. The molecule has 0 aliphatic heterocycles. The van der Waals surface area contributed by atoms with E-state index in [2.05, 4.69) is 32.9 Å². The number of benzene rings is 2. The zero-order valence-electron chi connectivity index (χ0n) is 14.0. The fourth-order valence-corrected chi connectivity index (χ4v) is 3.00. The van der Waals surface area contributed by atoms with Crippen LogP contribution in [0.2, 0.25) is 0 Å². The van der Waals surface area contributed by atoms with Gasteiger partial charge in [0.15, 0.2) is 0 Å². The number of hydrogen-bond donors (Lipinski definition) is 1. The molecule has 5 nitrogen and oxygen atoms in total. The normalized spacial score (nSPS) is 11.0. The van der Waals surface area contributed by atoms with E-state index in [4.69, 9.17) is 4.74 Å². The summed E-state index contributed by atoms with van der Waals surface area (Å²) in [5.74, 6) is 0.416. The molecular formula is C19H20IN3O2. The molecule has 0 atom stereocenters. The number of nitrogens with one attached hydrogen (secondary N) is 1. The number of anilines is 1. The molecule has 130 valence electrons. The first-order valence-electron chi connectivity index (χ1n) is 8.29. The first-order chi connectivity index (χ1) is 12.2. The van der Waals surface area contributed by atoms with E-state index >= 15 is 0 Å². The molecule has 0 unspecified atom stereocenters. The predicted octanol–water partition coefficient (Wildman–Crippen LogP) is 4.32. The zero-order chi connectivity index (χ0) is 17.6. The van der Waals surface area contributed by atoms with Crippen LogP contribution in [0.1, 0.15) is 23.7 Å². The van der Waals surface area contributed by atoms with E-state index in [0.717, 1.165) is 27.6 Å². The number of amides is 1. The first kappa shape index (κ1) is 17.9. The average Bonchev–Trinajstić information content (AvgIpc) is 2.96. The Hall–Kier alpha value is -1.93. The standard InChI is InChI=1S/C19H20IN3O2/c1-2-25-13-5-12-23-17-7-4-3-6-16(17)21-19(23)22-18(24)14-8-10-15(20)11-9-14/h3-4,6-11H,2,5,12-13H2,1H3,(H,21,22,24). The summed E-state index contributed by atoms with van der Waals surface area (Å²) in [6.07, 6.45) is 0.862. The highest BCUT2D eigenvalue weighted by Crippen LogP contribution is 2.21. The maximum atomic E-state index is 12.5. The van der Waals surface area contributed by atoms with Gasteiger partial charge < -0.3 is 9.30 Å². The summed E-state index contributed by atoms with van der Waals surface area (Å²) < 4.78 is 8.56. The Morgan fingerprint density at radius 1 is 1.20 bits per heavy atom. The van der Waals surface area contributed by atoms with E-state index in [-0.39, 0.29) is 5.91 Å². The molecule has 0 spiro atoms. The number of aryl methyl sites for hydroxylation is 1. The summed E-state index contributed by atoms with van der Waals surface area (Å²) in [4.78, 5) is 17.1. The number of nitrogens with zero attached hydrogens (tertiary/aromatic N) is 2. The van der Waals surface area contributed by atoms with Crippen molar-refractivity contribution in [3.8, 4) is 0 Å². The third kappa shape index (κ3) is 4.38. The van der Waals surface area contributed by atoms with Crippen molar-refractivity contribution in [3.63, 3.8) is 0 Å². The molecule has 3 aromatic rings. The highest BCUT2D eigenvalue weighted by atomic mass is 127. The van der Waals surface area contributed by atoms with Crippen molar-refractivity contribution < 1.29 is 9.53 Å². The number of para-hydroxylation sites is 2. The van der Waals surface area contributed by atoms with Gasteiger partial charge in [-0.2, -0.15) is 0 Å². The smallest absolute Gasteiger partial charge is 0.257 e. The number of ether oxygens (including phenoxy) is 1. The SMILES string of the molecule is CCOCCCn1c(NC(=O)c2ccc(I)cc2)nc2ccccc21. The second kappa shape index (κ2) is 8.44. The number of imidazole rings is 1. The van der Waals surface area contributed by atoms with Crippen molar-refractivity contribution in [1.29, 1.82) is 0 Å². The maximum Gasteiger partial charge on any atom is 0.257 e. The minimum atomic E-state index is -0.155. The Morgan fingerprint density at radius 2 is 1.96 bits per heavy atom. The number of hydrogen-bond acceptors (Lipinski definition) is 3. The number of carbonyl (C=O) groups is 1. The molecule has 2 aromatic carbocycles. The van der Waals surface area contributed by atoms with Crippen LogP contribution in [0.4, 0.5) is 5.95 Å². The second-order valence-electron chi connectivity index (χ2n) is 5.59. The maximum absolute atomic E-state index is 12.5. The van der Waals surface area contributed by atoms with Crippen molar-refractivity contribution in [2.24, 2.45) is 0 Å². The van der Waals surface area contributed by atoms with Crippen molar-refractivity contribution in [2.45, 2.75) is 19.9 Å². The third-order valence-electron chi connectivity index (χ3n) is 3.86. The third-order valence-corrected chi connectivity index (χ3v) is 4.58. The van der Waals surface area contributed by atoms with Gasteiger partial charge in [0.25, 0.3) is 5.91 Å². The number of rotatable bonds is 7. The summed E-state index contributed by atoms with van der Waals surface area (Å²) in [5.41, 5.74) is 2.50. The van der Waals surface area contributed by atoms with Gasteiger partial charge in [-0.3, -0.25) is 10.1 Å². The van der Waals surface area contributed by atoms with E-state index < -0.39 is 0 Å². The Balaban J connectivity index is 1.84. The summed E-state index contributed by atoms with van der Waals surface area (Å²) in [5, 5.41) is 2.95. The molecule has 1 aromatic heterocycles. The molecule has 0 bridgehead atoms. The quantitative estimate of drug-likeness (QED) is 0.432. The van der Waals surface area contributed by atoms with Crippen LogP contribution in [0.25, 0.3) is 11.0 Å². The van der Waals surface area contributed by atoms with Crippen molar-refractivity contribution in [1.82, 2.24) is 9.55 Å². The molecular weight excluding hydrogens is 429 g/mol. The van der Waals surface area contributed by atoms with E-state index in [1.165, 1.54) is 0 Å². The van der Waals surface area contributed by atoms with Crippen LogP contribution in [0, 0.1) is 3.57 Å². The largest absolute Gasteiger partial charge is 0.382 e. The minimum absolute atomic E-state index is 0.155. The van der Waals surface area contributed by atoms with Gasteiger partial charge in [0, 0.05) is 28.9 Å². The average molecular weight is 449 g/mol. The summed E-state index contributed by atoms with van der Waals surface area (Å²) in [7, 11) is 0. The second-order valence-corrected chi connectivity index (χ2v) is 6.83. The lowest BCUT2D eigenvalue weighted by Crippen LogP contribution is -2.16. The van der Waals surface area contributed by atoms with Gasteiger partial charge in [-0.25, -0.2) is 4.98 Å². The van der Waals surface area contributed by atoms with Crippen LogP contribution in [0.15, 0.2) is 48.5 Å². The van der Waals surface area contributed by atoms with Crippen LogP contribution < -0.4 is 5.32 Å². The highest BCUT2D eigenvalue weighted by molar-refractivity contribution is 14.1. The van der Waals surface area contributed by atoms with Crippen LogP contribution in [0.3, 0.4) is 0 Å². The van der Waals surface area contributed by atoms with Gasteiger partial charge in [0.2, 0.25) is 5.95 Å². The van der Waals surface area contributed by atoms with E-state index in [1.807, 2.05) is 60.0 Å². The monoisotopic (exact) mass is 449 g/mol. The number of fused-ring (bicyclic) bond motifs is 1. The van der Waals surface area contributed by atoms with E-state index in [9.17, 15) is 4.79 Å². The van der Waals surface area contributed by atoms with Gasteiger partial charge in [-0.1, -0.05) is 12.1 Å². The van der Waals surface area contributed by atoms with E-state index in [1.54, 1.807) is 0 Å². The Bertz CT molecular complexity index is 859. The van der Waals surface area contributed by atoms with Crippen LogP contribution in [-0.2, 0) is 11.3 Å². The summed E-state index contributed by atoms with van der Waals surface area (Å²) >= 11 is 2.22. The highest BCUT2D eigenvalue weighted by Gasteiger charge is 2.14. The van der Waals surface area contributed by atoms with Crippen molar-refractivity contribution >= 4 is 45.5 Å². The molecule has 0 aliphatic carbocycles. The van der Waals surface area contributed by atoms with Gasteiger partial charge in [0.1, 0.15) is 0 Å². The number of halogens is 1. The minimum Gasteiger partial charge on any atom is -0.382 e. The molecule has 3 rings (SSSR count). The molecule has 0 saturated carbocycles. The summed E-state index contributed by atoms with van der Waals surface area (Å²) in [6, 6.07) is 15.4. The lowest BCUT2D eigenvalue weighted by Gasteiger charge is -2.10. The lowest BCUT2D eigenvalue weighted by atomic mass is 10.2. The van der Waals surface area contributed by atoms with Crippen LogP contribution in [-0.4, -0.2) is 28.7 Å². The topological polar surface area (TPSA) is 56.1 Å². The van der Waals surface area contributed by atoms with Gasteiger partial charge >= 0.3 is 0 Å². The molecule has 1 amide bonds. The Morgan fingerprint density at radius 3 is 2.72 bits per heavy atom. The molecule has 0 fully saturated rings. The van der Waals surface area contributed by atoms with Crippen LogP contribution in [0.5, 0.6) is 0 Å². The number of carbonyl (C=O) groups excluding carboxylic acids is 1. The van der Waals surface area contributed by atoms with Gasteiger partial charge in [-0.15, -0.1) is 0 Å². The predicted molar refractivity (Wildman–Crippen MR) is 108 cm³/mol. The van der Waals surface area contributed by atoms with E-state index in [0.29, 0.717) is 24.7 Å². The fraction of sp³-hybridized carbons (Fsp3) is 0.263.